The fraction of sp³-hybridized carbons (Fsp3) is 0.579. The lowest BCUT2D eigenvalue weighted by atomic mass is 10.0. The van der Waals surface area contributed by atoms with Crippen molar-refractivity contribution in [3.8, 4) is 5.75 Å². The van der Waals surface area contributed by atoms with E-state index in [1.54, 1.807) is 7.11 Å². The number of fused-ring (bicyclic) bond motifs is 1. The van der Waals surface area contributed by atoms with Gasteiger partial charge in [0.05, 0.1) is 12.1 Å². The Morgan fingerprint density at radius 2 is 2.24 bits per heavy atom. The fourth-order valence-electron chi connectivity index (χ4n) is 4.01. The van der Waals surface area contributed by atoms with Gasteiger partial charge in [0.25, 0.3) is 0 Å². The number of H-pyrrole nitrogens is 1. The molecule has 25 heavy (non-hydrogen) atoms. The molecule has 0 spiro atoms. The number of nitrogens with zero attached hydrogens (tertiary/aromatic N) is 3. The molecule has 0 amide bonds. The van der Waals surface area contributed by atoms with E-state index in [1.165, 1.54) is 11.1 Å². The smallest absolute Gasteiger partial charge is 0.167 e. The summed E-state index contributed by atoms with van der Waals surface area (Å²) in [6.45, 7) is 7.92. The molecule has 2 atom stereocenters. The van der Waals surface area contributed by atoms with E-state index in [1.807, 2.05) is 6.92 Å². The summed E-state index contributed by atoms with van der Waals surface area (Å²) < 4.78 is 11.9. The standard InChI is InChI=1S/C19H26N4O2/c1-12-20-18(22-21-12)16-8-15(24-4)11-23(16)10-14-7-5-6-13-9-19(2,3)25-17(13)14/h5-7,15-16H,8-11H2,1-4H3,(H,20,21,22)/t15-,16+/m1/s1. The van der Waals surface area contributed by atoms with E-state index in [9.17, 15) is 0 Å². The molecule has 3 heterocycles. The fourth-order valence-corrected chi connectivity index (χ4v) is 4.01. The van der Waals surface area contributed by atoms with E-state index in [0.29, 0.717) is 0 Å². The van der Waals surface area contributed by atoms with Crippen LogP contribution in [-0.2, 0) is 17.7 Å². The van der Waals surface area contributed by atoms with Crippen LogP contribution in [0.1, 0.15) is 49.1 Å². The number of aromatic amines is 1. The highest BCUT2D eigenvalue weighted by Crippen LogP contribution is 2.40. The molecule has 0 aliphatic carbocycles. The third-order valence-electron chi connectivity index (χ3n) is 5.16. The molecule has 1 saturated heterocycles. The van der Waals surface area contributed by atoms with Crippen molar-refractivity contribution in [2.45, 2.75) is 57.9 Å². The first-order chi connectivity index (χ1) is 11.9. The van der Waals surface area contributed by atoms with Gasteiger partial charge in [-0.15, -0.1) is 0 Å². The van der Waals surface area contributed by atoms with Gasteiger partial charge in [0.15, 0.2) is 5.82 Å². The number of hydrogen-bond acceptors (Lipinski definition) is 5. The number of benzene rings is 1. The van der Waals surface area contributed by atoms with Crippen LogP contribution in [0.25, 0.3) is 0 Å². The van der Waals surface area contributed by atoms with Gasteiger partial charge in [-0.1, -0.05) is 18.2 Å². The van der Waals surface area contributed by atoms with Crippen molar-refractivity contribution >= 4 is 0 Å². The van der Waals surface area contributed by atoms with E-state index in [2.05, 4.69) is 52.1 Å². The first kappa shape index (κ1) is 16.5. The average Bonchev–Trinajstić information content (AvgIpc) is 3.23. The first-order valence-electron chi connectivity index (χ1n) is 8.91. The van der Waals surface area contributed by atoms with Crippen LogP contribution in [0.2, 0.25) is 0 Å². The summed E-state index contributed by atoms with van der Waals surface area (Å²) in [7, 11) is 1.78. The quantitative estimate of drug-likeness (QED) is 0.926. The zero-order valence-corrected chi connectivity index (χ0v) is 15.4. The Labute approximate surface area is 148 Å². The molecule has 1 N–H and O–H groups in total. The van der Waals surface area contributed by atoms with Crippen molar-refractivity contribution < 1.29 is 9.47 Å². The number of ether oxygens (including phenoxy) is 2. The van der Waals surface area contributed by atoms with Gasteiger partial charge in [-0.3, -0.25) is 10.00 Å². The van der Waals surface area contributed by atoms with Gasteiger partial charge in [-0.05, 0) is 32.8 Å². The molecule has 0 bridgehead atoms. The first-order valence-corrected chi connectivity index (χ1v) is 8.91. The molecule has 134 valence electrons. The minimum Gasteiger partial charge on any atom is -0.487 e. The lowest BCUT2D eigenvalue weighted by molar-refractivity contribution is 0.106. The monoisotopic (exact) mass is 342 g/mol. The zero-order valence-electron chi connectivity index (χ0n) is 15.4. The maximum atomic E-state index is 6.24. The maximum Gasteiger partial charge on any atom is 0.167 e. The molecular weight excluding hydrogens is 316 g/mol. The minimum atomic E-state index is -0.126. The largest absolute Gasteiger partial charge is 0.487 e. The van der Waals surface area contributed by atoms with E-state index >= 15 is 0 Å². The summed E-state index contributed by atoms with van der Waals surface area (Å²) in [4.78, 5) is 6.96. The highest BCUT2D eigenvalue weighted by Gasteiger charge is 2.37. The molecule has 4 rings (SSSR count). The summed E-state index contributed by atoms with van der Waals surface area (Å²) in [6, 6.07) is 6.64. The number of methoxy groups -OCH3 is 1. The molecule has 1 fully saturated rings. The van der Waals surface area contributed by atoms with Crippen LogP contribution in [0.4, 0.5) is 0 Å². The van der Waals surface area contributed by atoms with Crippen molar-refractivity contribution in [1.29, 1.82) is 0 Å². The van der Waals surface area contributed by atoms with Crippen molar-refractivity contribution in [2.75, 3.05) is 13.7 Å². The molecule has 2 aliphatic heterocycles. The van der Waals surface area contributed by atoms with E-state index in [4.69, 9.17) is 9.47 Å². The molecule has 6 heteroatoms. The number of aryl methyl sites for hydroxylation is 1. The molecular formula is C19H26N4O2. The zero-order chi connectivity index (χ0) is 17.6. The Hall–Kier alpha value is -1.92. The molecule has 0 radical (unpaired) electrons. The molecule has 0 unspecified atom stereocenters. The van der Waals surface area contributed by atoms with E-state index in [0.717, 1.165) is 43.3 Å². The van der Waals surface area contributed by atoms with Gasteiger partial charge in [0, 0.05) is 32.2 Å². The van der Waals surface area contributed by atoms with Crippen LogP contribution >= 0.6 is 0 Å². The Bertz CT molecular complexity index is 771. The van der Waals surface area contributed by atoms with Crippen LogP contribution in [0.3, 0.4) is 0 Å². The normalized spacial score (nSPS) is 25.1. The number of likely N-dealkylation sites (tertiary alicyclic amines) is 1. The molecule has 1 aromatic carbocycles. The third kappa shape index (κ3) is 3.16. The average molecular weight is 342 g/mol. The second-order valence-corrected chi connectivity index (χ2v) is 7.76. The Morgan fingerprint density at radius 1 is 1.40 bits per heavy atom. The number of para-hydroxylation sites is 1. The number of rotatable bonds is 4. The van der Waals surface area contributed by atoms with Gasteiger partial charge < -0.3 is 9.47 Å². The van der Waals surface area contributed by atoms with Crippen LogP contribution < -0.4 is 4.74 Å². The minimum absolute atomic E-state index is 0.126. The summed E-state index contributed by atoms with van der Waals surface area (Å²) in [5, 5.41) is 7.35. The predicted molar refractivity (Wildman–Crippen MR) is 94.5 cm³/mol. The Morgan fingerprint density at radius 3 is 2.96 bits per heavy atom. The molecule has 2 aliphatic rings. The third-order valence-corrected chi connectivity index (χ3v) is 5.16. The van der Waals surface area contributed by atoms with Crippen molar-refractivity contribution in [3.63, 3.8) is 0 Å². The highest BCUT2D eigenvalue weighted by atomic mass is 16.5. The van der Waals surface area contributed by atoms with Gasteiger partial charge in [0.2, 0.25) is 0 Å². The van der Waals surface area contributed by atoms with E-state index in [-0.39, 0.29) is 17.7 Å². The maximum absolute atomic E-state index is 6.24. The second kappa shape index (κ2) is 6.11. The van der Waals surface area contributed by atoms with Gasteiger partial charge in [-0.25, -0.2) is 4.98 Å². The topological polar surface area (TPSA) is 63.3 Å². The number of nitrogens with one attached hydrogen (secondary N) is 1. The van der Waals surface area contributed by atoms with Crippen molar-refractivity contribution in [1.82, 2.24) is 20.1 Å². The summed E-state index contributed by atoms with van der Waals surface area (Å²) in [6.07, 6.45) is 2.08. The van der Waals surface area contributed by atoms with Gasteiger partial charge >= 0.3 is 0 Å². The van der Waals surface area contributed by atoms with Crippen LogP contribution in [0.15, 0.2) is 18.2 Å². The Balaban J connectivity index is 1.60. The van der Waals surface area contributed by atoms with Crippen LogP contribution in [0, 0.1) is 6.92 Å². The van der Waals surface area contributed by atoms with Crippen LogP contribution in [0.5, 0.6) is 5.75 Å². The lowest BCUT2D eigenvalue weighted by Crippen LogP contribution is -2.27. The molecule has 1 aromatic heterocycles. The van der Waals surface area contributed by atoms with Crippen molar-refractivity contribution in [3.05, 3.63) is 41.0 Å². The predicted octanol–water partition coefficient (Wildman–Crippen LogP) is 2.79. The summed E-state index contributed by atoms with van der Waals surface area (Å²) in [5.41, 5.74) is 2.41. The lowest BCUT2D eigenvalue weighted by Gasteiger charge is -2.24. The molecule has 2 aromatic rings. The number of hydrogen-bond donors (Lipinski definition) is 1. The second-order valence-electron chi connectivity index (χ2n) is 7.76. The summed E-state index contributed by atoms with van der Waals surface area (Å²) in [5.74, 6) is 2.76. The van der Waals surface area contributed by atoms with Gasteiger partial charge in [-0.2, -0.15) is 5.10 Å². The van der Waals surface area contributed by atoms with Gasteiger partial charge in [0.1, 0.15) is 17.2 Å². The SMILES string of the molecule is CO[C@@H]1C[C@@H](c2n[nH]c(C)n2)N(Cc2cccc3c2OC(C)(C)C3)C1. The Kier molecular flexibility index (Phi) is 4.04. The summed E-state index contributed by atoms with van der Waals surface area (Å²) >= 11 is 0. The number of aromatic nitrogens is 3. The van der Waals surface area contributed by atoms with Crippen LogP contribution in [-0.4, -0.2) is 45.4 Å². The van der Waals surface area contributed by atoms with E-state index < -0.39 is 0 Å². The van der Waals surface area contributed by atoms with Crippen molar-refractivity contribution in [2.24, 2.45) is 0 Å². The molecule has 6 nitrogen and oxygen atoms in total. The highest BCUT2D eigenvalue weighted by molar-refractivity contribution is 5.45. The molecule has 0 saturated carbocycles.